The number of benzene rings is 1. The molecule has 3 rings (SSSR count). The largest absolute Gasteiger partial charge is 0.434 e. The van der Waals surface area contributed by atoms with Gasteiger partial charge in [-0.15, -0.1) is 0 Å². The molecule has 0 bridgehead atoms. The van der Waals surface area contributed by atoms with E-state index < -0.39 is 51.6 Å². The lowest BCUT2D eigenvalue weighted by atomic mass is 9.84. The quantitative estimate of drug-likeness (QED) is 0.239. The lowest BCUT2D eigenvalue weighted by Gasteiger charge is -2.28. The molecule has 0 atom stereocenters. The summed E-state index contributed by atoms with van der Waals surface area (Å²) in [4.78, 5) is 23.6. The Bertz CT molecular complexity index is 1390. The van der Waals surface area contributed by atoms with E-state index in [9.17, 15) is 40.0 Å². The van der Waals surface area contributed by atoms with E-state index >= 15 is 0 Å². The SMILES string of the molecule is CCn1nc(C(=O)NC[C@H]2CC[C@H](S(=O)(=O)NC=O)CC2)c(Cl)c1-c1ccc(CC(C)(C)C(F)(F)F)cc1OC(F)F. The third-order valence-corrected chi connectivity index (χ3v) is 9.47. The normalized spacial score (nSPS) is 18.1. The van der Waals surface area contributed by atoms with Gasteiger partial charge in [-0.1, -0.05) is 31.5 Å². The van der Waals surface area contributed by atoms with Crippen LogP contribution >= 0.6 is 11.6 Å². The Morgan fingerprint density at radius 2 is 1.86 bits per heavy atom. The number of alkyl halides is 5. The van der Waals surface area contributed by atoms with E-state index in [4.69, 9.17) is 11.6 Å². The van der Waals surface area contributed by atoms with Gasteiger partial charge >= 0.3 is 12.8 Å². The molecule has 1 saturated carbocycles. The highest BCUT2D eigenvalue weighted by Crippen LogP contribution is 2.43. The van der Waals surface area contributed by atoms with Gasteiger partial charge in [0.15, 0.2) is 5.69 Å². The number of carbonyl (C=O) groups is 2. The standard InChI is InChI=1S/C26H32ClF5N4O5S/c1-4-36-22(18-10-7-16(11-19(18)41-24(28)29)12-25(2,3)26(30,31)32)20(27)21(35-36)23(38)33-13-15-5-8-17(9-6-15)42(39,40)34-14-37/h7,10-11,14-15,17,24H,4-6,8-9,12-13H2,1-3H3,(H,33,38)(H,34,37)/t15-,17-. The highest BCUT2D eigenvalue weighted by molar-refractivity contribution is 7.90. The maximum Gasteiger partial charge on any atom is 0.394 e. The van der Waals surface area contributed by atoms with Crippen molar-refractivity contribution in [3.8, 4) is 17.0 Å². The summed E-state index contributed by atoms with van der Waals surface area (Å²) in [5.74, 6) is -1.10. The van der Waals surface area contributed by atoms with E-state index in [0.29, 0.717) is 25.7 Å². The fraction of sp³-hybridized carbons (Fsp3) is 0.577. The molecule has 2 N–H and O–H groups in total. The molecule has 1 fully saturated rings. The zero-order chi connectivity index (χ0) is 31.5. The summed E-state index contributed by atoms with van der Waals surface area (Å²) in [6.45, 7) is 0.762. The van der Waals surface area contributed by atoms with Crippen molar-refractivity contribution >= 4 is 33.9 Å². The van der Waals surface area contributed by atoms with Gasteiger partial charge in [0.2, 0.25) is 16.4 Å². The maximum atomic E-state index is 13.4. The molecule has 9 nitrogen and oxygen atoms in total. The molecular weight excluding hydrogens is 611 g/mol. The first-order valence-electron chi connectivity index (χ1n) is 13.1. The van der Waals surface area contributed by atoms with E-state index in [-0.39, 0.29) is 53.0 Å². The second-order valence-corrected chi connectivity index (χ2v) is 13.1. The van der Waals surface area contributed by atoms with Crippen molar-refractivity contribution in [3.05, 3.63) is 34.5 Å². The lowest BCUT2D eigenvalue weighted by molar-refractivity contribution is -0.211. The Hall–Kier alpha value is -2.94. The average Bonchev–Trinajstić information content (AvgIpc) is 3.22. The van der Waals surface area contributed by atoms with Crippen LogP contribution < -0.4 is 14.8 Å². The molecule has 1 aromatic heterocycles. The predicted molar refractivity (Wildman–Crippen MR) is 145 cm³/mol. The van der Waals surface area contributed by atoms with Gasteiger partial charge in [-0.2, -0.15) is 27.1 Å². The third-order valence-electron chi connectivity index (χ3n) is 7.34. The number of nitrogens with zero attached hydrogens (tertiary/aromatic N) is 2. The minimum absolute atomic E-state index is 0.0192. The molecule has 1 aliphatic carbocycles. The monoisotopic (exact) mass is 642 g/mol. The lowest BCUT2D eigenvalue weighted by Crippen LogP contribution is -2.38. The molecule has 1 aromatic carbocycles. The van der Waals surface area contributed by atoms with E-state index in [0.717, 1.165) is 19.9 Å². The molecule has 234 valence electrons. The van der Waals surface area contributed by atoms with Gasteiger partial charge in [0.1, 0.15) is 5.75 Å². The Morgan fingerprint density at radius 3 is 2.40 bits per heavy atom. The second kappa shape index (κ2) is 13.1. The van der Waals surface area contributed by atoms with Crippen LogP contribution in [-0.4, -0.2) is 55.1 Å². The van der Waals surface area contributed by atoms with Crippen LogP contribution in [0.4, 0.5) is 22.0 Å². The summed E-state index contributed by atoms with van der Waals surface area (Å²) in [7, 11) is -3.74. The topological polar surface area (TPSA) is 119 Å². The highest BCUT2D eigenvalue weighted by Gasteiger charge is 2.47. The number of hydrogen-bond acceptors (Lipinski definition) is 6. The number of halogens is 6. The van der Waals surface area contributed by atoms with Crippen LogP contribution in [0.15, 0.2) is 18.2 Å². The number of amides is 2. The van der Waals surface area contributed by atoms with Crippen molar-refractivity contribution in [2.45, 2.75) is 77.5 Å². The van der Waals surface area contributed by atoms with Crippen LogP contribution in [0.5, 0.6) is 5.75 Å². The minimum Gasteiger partial charge on any atom is -0.434 e. The van der Waals surface area contributed by atoms with Gasteiger partial charge in [-0.3, -0.25) is 19.0 Å². The summed E-state index contributed by atoms with van der Waals surface area (Å²) in [6, 6.07) is 3.76. The first-order chi connectivity index (χ1) is 19.5. The highest BCUT2D eigenvalue weighted by atomic mass is 35.5. The van der Waals surface area contributed by atoms with E-state index in [1.165, 1.54) is 16.8 Å². The number of sulfonamides is 1. The molecule has 0 spiro atoms. The zero-order valence-corrected chi connectivity index (χ0v) is 24.7. The van der Waals surface area contributed by atoms with Crippen molar-refractivity contribution < 1.29 is 44.7 Å². The number of carbonyl (C=O) groups excluding carboxylic acids is 2. The van der Waals surface area contributed by atoms with E-state index in [1.54, 1.807) is 6.92 Å². The molecule has 16 heteroatoms. The third kappa shape index (κ3) is 7.71. The number of nitrogens with one attached hydrogen (secondary N) is 2. The second-order valence-electron chi connectivity index (χ2n) is 10.7. The molecule has 2 aromatic rings. The molecule has 1 aliphatic rings. The van der Waals surface area contributed by atoms with Crippen LogP contribution in [0.1, 0.15) is 62.5 Å². The number of rotatable bonds is 12. The van der Waals surface area contributed by atoms with Crippen LogP contribution in [0.3, 0.4) is 0 Å². The van der Waals surface area contributed by atoms with E-state index in [2.05, 4.69) is 15.2 Å². The Labute approximate surface area is 245 Å². The predicted octanol–water partition coefficient (Wildman–Crippen LogP) is 5.32. The van der Waals surface area contributed by atoms with Crippen molar-refractivity contribution in [1.29, 1.82) is 0 Å². The molecule has 2 amide bonds. The fourth-order valence-electron chi connectivity index (χ4n) is 4.88. The Kier molecular flexibility index (Phi) is 10.5. The summed E-state index contributed by atoms with van der Waals surface area (Å²) < 4.78 is 98.8. The Morgan fingerprint density at radius 1 is 1.21 bits per heavy atom. The average molecular weight is 643 g/mol. The molecule has 0 aliphatic heterocycles. The van der Waals surface area contributed by atoms with Gasteiger partial charge in [0, 0.05) is 18.7 Å². The number of ether oxygens (including phenoxy) is 1. The number of aryl methyl sites for hydroxylation is 1. The molecule has 1 heterocycles. The molecule has 42 heavy (non-hydrogen) atoms. The van der Waals surface area contributed by atoms with Gasteiger partial charge < -0.3 is 10.1 Å². The zero-order valence-electron chi connectivity index (χ0n) is 23.1. The smallest absolute Gasteiger partial charge is 0.394 e. The molecule has 0 radical (unpaired) electrons. The minimum atomic E-state index is -4.54. The fourth-order valence-corrected chi connectivity index (χ4v) is 6.42. The first-order valence-corrected chi connectivity index (χ1v) is 15.1. The van der Waals surface area contributed by atoms with Crippen molar-refractivity contribution in [3.63, 3.8) is 0 Å². The van der Waals surface area contributed by atoms with Gasteiger partial charge in [-0.05, 0) is 62.6 Å². The first kappa shape index (κ1) is 33.6. The van der Waals surface area contributed by atoms with Gasteiger partial charge in [-0.25, -0.2) is 8.42 Å². The van der Waals surface area contributed by atoms with Crippen molar-refractivity contribution in [2.24, 2.45) is 11.3 Å². The van der Waals surface area contributed by atoms with Crippen LogP contribution in [0, 0.1) is 11.3 Å². The van der Waals surface area contributed by atoms with Crippen molar-refractivity contribution in [2.75, 3.05) is 6.54 Å². The van der Waals surface area contributed by atoms with Crippen molar-refractivity contribution in [1.82, 2.24) is 19.8 Å². The summed E-state index contributed by atoms with van der Waals surface area (Å²) in [5, 5.41) is 6.08. The van der Waals surface area contributed by atoms with Gasteiger partial charge in [0.05, 0.1) is 21.4 Å². The van der Waals surface area contributed by atoms with Crippen LogP contribution in [0.25, 0.3) is 11.3 Å². The molecular formula is C26H32ClF5N4O5S. The number of hydrogen-bond donors (Lipinski definition) is 2. The molecule has 0 saturated heterocycles. The summed E-state index contributed by atoms with van der Waals surface area (Å²) in [6.07, 6.45) is -3.32. The van der Waals surface area contributed by atoms with Crippen LogP contribution in [-0.2, 0) is 27.8 Å². The summed E-state index contributed by atoms with van der Waals surface area (Å²) in [5.41, 5.74) is -2.12. The van der Waals surface area contributed by atoms with Crippen LogP contribution in [0.2, 0.25) is 5.02 Å². The van der Waals surface area contributed by atoms with E-state index in [1.807, 2.05) is 4.72 Å². The molecule has 0 unspecified atom stereocenters. The number of aromatic nitrogens is 2. The van der Waals surface area contributed by atoms with Gasteiger partial charge in [0.25, 0.3) is 5.91 Å². The summed E-state index contributed by atoms with van der Waals surface area (Å²) >= 11 is 6.53. The Balaban J connectivity index is 1.82. The maximum absolute atomic E-state index is 13.4.